The molecule has 0 fully saturated rings. The summed E-state index contributed by atoms with van der Waals surface area (Å²) in [7, 11) is 0. The second-order valence-electron chi connectivity index (χ2n) is 8.62. The molecule has 1 aliphatic rings. The molecule has 0 atom stereocenters. The van der Waals surface area contributed by atoms with Gasteiger partial charge in [0.25, 0.3) is 11.8 Å². The van der Waals surface area contributed by atoms with Crippen LogP contribution in [0, 0.1) is 20.8 Å². The maximum atomic E-state index is 13.6. The number of ether oxygens (including phenoxy) is 1. The molecular formula is C28H28N2O3. The Morgan fingerprint density at radius 1 is 0.818 bits per heavy atom. The van der Waals surface area contributed by atoms with Crippen LogP contribution >= 0.6 is 0 Å². The largest absolute Gasteiger partial charge is 0.491 e. The highest BCUT2D eigenvalue weighted by Gasteiger charge is 2.40. The molecule has 3 aromatic rings. The van der Waals surface area contributed by atoms with Gasteiger partial charge in [0.15, 0.2) is 0 Å². The van der Waals surface area contributed by atoms with Gasteiger partial charge in [-0.15, -0.1) is 0 Å². The molecule has 0 radical (unpaired) electrons. The van der Waals surface area contributed by atoms with Gasteiger partial charge >= 0.3 is 0 Å². The Hall–Kier alpha value is -3.86. The molecule has 0 unspecified atom stereocenters. The molecule has 1 heterocycles. The fraction of sp³-hybridized carbons (Fsp3) is 0.214. The predicted molar refractivity (Wildman–Crippen MR) is 132 cm³/mol. The van der Waals surface area contributed by atoms with Gasteiger partial charge in [-0.1, -0.05) is 48.0 Å². The lowest BCUT2D eigenvalue weighted by atomic mass is 10.0. The third kappa shape index (κ3) is 4.40. The fourth-order valence-corrected chi connectivity index (χ4v) is 4.01. The lowest BCUT2D eigenvalue weighted by molar-refractivity contribution is -0.120. The van der Waals surface area contributed by atoms with E-state index in [4.69, 9.17) is 4.74 Å². The summed E-state index contributed by atoms with van der Waals surface area (Å²) in [5.41, 5.74) is 5.63. The van der Waals surface area contributed by atoms with E-state index < -0.39 is 0 Å². The average Bonchev–Trinajstić information content (AvgIpc) is 3.00. The van der Waals surface area contributed by atoms with Crippen molar-refractivity contribution >= 4 is 28.8 Å². The highest BCUT2D eigenvalue weighted by atomic mass is 16.5. The molecule has 0 aromatic heterocycles. The first kappa shape index (κ1) is 22.3. The van der Waals surface area contributed by atoms with Crippen LogP contribution in [0.3, 0.4) is 0 Å². The molecule has 3 aromatic carbocycles. The zero-order valence-electron chi connectivity index (χ0n) is 19.6. The molecule has 5 nitrogen and oxygen atoms in total. The molecule has 0 bridgehead atoms. The van der Waals surface area contributed by atoms with E-state index in [9.17, 15) is 9.59 Å². The van der Waals surface area contributed by atoms with E-state index in [-0.39, 0.29) is 23.6 Å². The van der Waals surface area contributed by atoms with Crippen LogP contribution in [-0.2, 0) is 9.59 Å². The predicted octanol–water partition coefficient (Wildman–Crippen LogP) is 5.80. The Balaban J connectivity index is 1.81. The molecule has 1 N–H and O–H groups in total. The summed E-state index contributed by atoms with van der Waals surface area (Å²) in [5, 5.41) is 3.27. The Kier molecular flexibility index (Phi) is 6.05. The molecule has 33 heavy (non-hydrogen) atoms. The zero-order valence-corrected chi connectivity index (χ0v) is 19.6. The Morgan fingerprint density at radius 3 is 2.15 bits per heavy atom. The molecule has 5 heteroatoms. The number of para-hydroxylation sites is 1. The highest BCUT2D eigenvalue weighted by Crippen LogP contribution is 2.36. The summed E-state index contributed by atoms with van der Waals surface area (Å²) in [4.78, 5) is 28.5. The van der Waals surface area contributed by atoms with Gasteiger partial charge in [0.2, 0.25) is 0 Å². The topological polar surface area (TPSA) is 58.6 Å². The minimum absolute atomic E-state index is 0.0445. The number of nitrogens with zero attached hydrogens (tertiary/aromatic N) is 1. The Labute approximate surface area is 194 Å². The lowest BCUT2D eigenvalue weighted by Gasteiger charge is -2.18. The van der Waals surface area contributed by atoms with Crippen LogP contribution in [0.5, 0.6) is 5.75 Å². The zero-order chi connectivity index (χ0) is 23.7. The van der Waals surface area contributed by atoms with Crippen molar-refractivity contribution in [3.05, 3.63) is 94.7 Å². The molecule has 168 valence electrons. The van der Waals surface area contributed by atoms with Gasteiger partial charge in [0.05, 0.1) is 17.4 Å². The van der Waals surface area contributed by atoms with Crippen LogP contribution in [0.2, 0.25) is 0 Å². The number of hydrogen-bond donors (Lipinski definition) is 1. The van der Waals surface area contributed by atoms with E-state index in [2.05, 4.69) is 5.32 Å². The first-order valence-corrected chi connectivity index (χ1v) is 11.1. The number of benzene rings is 3. The maximum Gasteiger partial charge on any atom is 0.282 e. The highest BCUT2D eigenvalue weighted by molar-refractivity contribution is 6.46. The van der Waals surface area contributed by atoms with Crippen LogP contribution < -0.4 is 15.0 Å². The first-order valence-electron chi connectivity index (χ1n) is 11.1. The monoisotopic (exact) mass is 440 g/mol. The van der Waals surface area contributed by atoms with E-state index in [1.54, 1.807) is 6.07 Å². The van der Waals surface area contributed by atoms with Crippen molar-refractivity contribution in [1.82, 2.24) is 0 Å². The number of amides is 2. The van der Waals surface area contributed by atoms with Gasteiger partial charge in [-0.25, -0.2) is 4.90 Å². The number of anilines is 2. The molecule has 0 aliphatic carbocycles. The van der Waals surface area contributed by atoms with Crippen molar-refractivity contribution in [2.75, 3.05) is 10.2 Å². The quantitative estimate of drug-likeness (QED) is 0.493. The van der Waals surface area contributed by atoms with E-state index >= 15 is 0 Å². The number of aryl methyl sites for hydroxylation is 3. The summed E-state index contributed by atoms with van der Waals surface area (Å²) < 4.78 is 5.74. The molecular weight excluding hydrogens is 412 g/mol. The van der Waals surface area contributed by atoms with E-state index in [1.165, 1.54) is 4.90 Å². The Morgan fingerprint density at radius 2 is 1.52 bits per heavy atom. The standard InChI is InChI=1S/C28H28N2O3/c1-17(2)33-22-13-11-21(12-14-22)25-26(29-23-15-10-18(3)16-20(23)5)28(32)30(27(25)31)24-9-7-6-8-19(24)4/h6-17,29H,1-5H3. The van der Waals surface area contributed by atoms with Crippen LogP contribution in [0.25, 0.3) is 5.57 Å². The van der Waals surface area contributed by atoms with Crippen molar-refractivity contribution in [2.45, 2.75) is 40.7 Å². The van der Waals surface area contributed by atoms with Crippen LogP contribution in [-0.4, -0.2) is 17.9 Å². The molecule has 0 saturated carbocycles. The van der Waals surface area contributed by atoms with Crippen molar-refractivity contribution in [3.8, 4) is 5.75 Å². The van der Waals surface area contributed by atoms with E-state index in [0.717, 1.165) is 22.4 Å². The average molecular weight is 441 g/mol. The fourth-order valence-electron chi connectivity index (χ4n) is 4.01. The van der Waals surface area contributed by atoms with Gasteiger partial charge in [-0.2, -0.15) is 0 Å². The van der Waals surface area contributed by atoms with Crippen molar-refractivity contribution < 1.29 is 14.3 Å². The maximum absolute atomic E-state index is 13.6. The second kappa shape index (κ2) is 8.94. The summed E-state index contributed by atoms with van der Waals surface area (Å²) >= 11 is 0. The molecule has 0 saturated heterocycles. The van der Waals surface area contributed by atoms with Crippen LogP contribution in [0.15, 0.2) is 72.4 Å². The minimum atomic E-state index is -0.369. The van der Waals surface area contributed by atoms with Gasteiger partial charge in [-0.3, -0.25) is 9.59 Å². The van der Waals surface area contributed by atoms with Gasteiger partial charge in [-0.05, 0) is 75.6 Å². The summed E-state index contributed by atoms with van der Waals surface area (Å²) in [6.07, 6.45) is 0.0445. The Bertz CT molecular complexity index is 1260. The number of carbonyl (C=O) groups excluding carboxylic acids is 2. The SMILES string of the molecule is Cc1ccc(NC2=C(c3ccc(OC(C)C)cc3)C(=O)N(c3ccccc3C)C2=O)c(C)c1. The van der Waals surface area contributed by atoms with Crippen molar-refractivity contribution in [3.63, 3.8) is 0 Å². The van der Waals surface area contributed by atoms with Crippen LogP contribution in [0.1, 0.15) is 36.1 Å². The minimum Gasteiger partial charge on any atom is -0.491 e. The van der Waals surface area contributed by atoms with Crippen molar-refractivity contribution in [2.24, 2.45) is 0 Å². The normalized spacial score (nSPS) is 13.8. The number of nitrogens with one attached hydrogen (secondary N) is 1. The lowest BCUT2D eigenvalue weighted by Crippen LogP contribution is -2.33. The van der Waals surface area contributed by atoms with Crippen molar-refractivity contribution in [1.29, 1.82) is 0 Å². The number of hydrogen-bond acceptors (Lipinski definition) is 4. The number of rotatable bonds is 6. The third-order valence-corrected chi connectivity index (χ3v) is 5.60. The summed E-state index contributed by atoms with van der Waals surface area (Å²) in [6, 6.07) is 20.7. The number of carbonyl (C=O) groups is 2. The smallest absolute Gasteiger partial charge is 0.282 e. The molecule has 1 aliphatic heterocycles. The summed E-state index contributed by atoms with van der Waals surface area (Å²) in [5.74, 6) is -0.00311. The van der Waals surface area contributed by atoms with Gasteiger partial charge in [0.1, 0.15) is 11.4 Å². The molecule has 2 amide bonds. The van der Waals surface area contributed by atoms with Gasteiger partial charge in [0, 0.05) is 5.69 Å². The molecule has 0 spiro atoms. The van der Waals surface area contributed by atoms with E-state index in [1.807, 2.05) is 95.3 Å². The summed E-state index contributed by atoms with van der Waals surface area (Å²) in [6.45, 7) is 9.81. The van der Waals surface area contributed by atoms with E-state index in [0.29, 0.717) is 22.6 Å². The third-order valence-electron chi connectivity index (χ3n) is 5.60. The second-order valence-corrected chi connectivity index (χ2v) is 8.62. The van der Waals surface area contributed by atoms with Gasteiger partial charge < -0.3 is 10.1 Å². The number of imide groups is 1. The van der Waals surface area contributed by atoms with Crippen LogP contribution in [0.4, 0.5) is 11.4 Å². The molecule has 4 rings (SSSR count). The first-order chi connectivity index (χ1) is 15.8.